The molecule has 7 heteroatoms. The fourth-order valence-electron chi connectivity index (χ4n) is 2.15. The SMILES string of the molecule is CCCNc1nc(NC(CCO)C(C)C)c2cn[nH]c2n1. The summed E-state index contributed by atoms with van der Waals surface area (Å²) in [5.74, 6) is 1.73. The van der Waals surface area contributed by atoms with E-state index in [9.17, 15) is 5.11 Å². The molecule has 21 heavy (non-hydrogen) atoms. The van der Waals surface area contributed by atoms with Crippen LogP contribution < -0.4 is 10.6 Å². The Morgan fingerprint density at radius 1 is 1.33 bits per heavy atom. The molecule has 0 bridgehead atoms. The smallest absolute Gasteiger partial charge is 0.226 e. The highest BCUT2D eigenvalue weighted by Gasteiger charge is 2.16. The lowest BCUT2D eigenvalue weighted by Gasteiger charge is -2.22. The van der Waals surface area contributed by atoms with Gasteiger partial charge in [0.15, 0.2) is 5.65 Å². The van der Waals surface area contributed by atoms with E-state index >= 15 is 0 Å². The summed E-state index contributed by atoms with van der Waals surface area (Å²) in [4.78, 5) is 8.94. The number of aromatic nitrogens is 4. The zero-order valence-corrected chi connectivity index (χ0v) is 12.8. The van der Waals surface area contributed by atoms with Gasteiger partial charge in [-0.1, -0.05) is 20.8 Å². The van der Waals surface area contributed by atoms with Crippen LogP contribution in [0.3, 0.4) is 0 Å². The van der Waals surface area contributed by atoms with E-state index in [2.05, 4.69) is 51.6 Å². The van der Waals surface area contributed by atoms with Gasteiger partial charge in [-0.05, 0) is 18.8 Å². The van der Waals surface area contributed by atoms with Crippen LogP contribution in [0.4, 0.5) is 11.8 Å². The molecule has 1 atom stereocenters. The van der Waals surface area contributed by atoms with Gasteiger partial charge in [-0.25, -0.2) is 0 Å². The summed E-state index contributed by atoms with van der Waals surface area (Å²) in [6.07, 6.45) is 3.41. The fraction of sp³-hybridized carbons (Fsp3) is 0.643. The minimum atomic E-state index is 0.149. The lowest BCUT2D eigenvalue weighted by Crippen LogP contribution is -2.27. The molecule has 0 saturated carbocycles. The van der Waals surface area contributed by atoms with Crippen molar-refractivity contribution >= 4 is 22.8 Å². The number of aliphatic hydroxyl groups is 1. The van der Waals surface area contributed by atoms with E-state index in [-0.39, 0.29) is 12.6 Å². The van der Waals surface area contributed by atoms with Gasteiger partial charge in [0, 0.05) is 19.2 Å². The Morgan fingerprint density at radius 3 is 2.81 bits per heavy atom. The highest BCUT2D eigenvalue weighted by molar-refractivity contribution is 5.87. The van der Waals surface area contributed by atoms with Gasteiger partial charge < -0.3 is 15.7 Å². The first-order valence-corrected chi connectivity index (χ1v) is 7.48. The molecule has 2 rings (SSSR count). The second-order valence-corrected chi connectivity index (χ2v) is 5.46. The molecule has 0 aliphatic heterocycles. The number of rotatable bonds is 8. The van der Waals surface area contributed by atoms with Gasteiger partial charge in [-0.2, -0.15) is 15.1 Å². The Morgan fingerprint density at radius 2 is 2.14 bits per heavy atom. The molecule has 4 N–H and O–H groups in total. The Balaban J connectivity index is 2.29. The number of aliphatic hydroxyl groups excluding tert-OH is 1. The molecule has 2 heterocycles. The first-order chi connectivity index (χ1) is 10.2. The lowest BCUT2D eigenvalue weighted by molar-refractivity contribution is 0.267. The van der Waals surface area contributed by atoms with Crippen molar-refractivity contribution in [2.24, 2.45) is 5.92 Å². The first-order valence-electron chi connectivity index (χ1n) is 7.48. The minimum Gasteiger partial charge on any atom is -0.396 e. The molecule has 0 saturated heterocycles. The van der Waals surface area contributed by atoms with Crippen molar-refractivity contribution in [3.05, 3.63) is 6.20 Å². The molecule has 0 fully saturated rings. The van der Waals surface area contributed by atoms with Crippen molar-refractivity contribution in [3.8, 4) is 0 Å². The highest BCUT2D eigenvalue weighted by Crippen LogP contribution is 2.22. The molecular weight excluding hydrogens is 268 g/mol. The second-order valence-electron chi connectivity index (χ2n) is 5.46. The van der Waals surface area contributed by atoms with Gasteiger partial charge in [0.1, 0.15) is 5.82 Å². The quantitative estimate of drug-likeness (QED) is 0.594. The van der Waals surface area contributed by atoms with E-state index in [1.54, 1.807) is 6.20 Å². The molecule has 0 aromatic carbocycles. The standard InChI is InChI=1S/C14H24N6O/c1-4-6-15-14-18-12(10-8-16-20-13(10)19-14)17-11(5-7-21)9(2)3/h8-9,11,21H,4-7H2,1-3H3,(H3,15,16,17,18,19,20). The summed E-state index contributed by atoms with van der Waals surface area (Å²) < 4.78 is 0. The lowest BCUT2D eigenvalue weighted by atomic mass is 10.0. The second kappa shape index (κ2) is 7.21. The number of nitrogens with one attached hydrogen (secondary N) is 3. The maximum absolute atomic E-state index is 9.20. The van der Waals surface area contributed by atoms with Crippen LogP contribution >= 0.6 is 0 Å². The summed E-state index contributed by atoms with van der Waals surface area (Å²) in [6, 6.07) is 0.155. The number of anilines is 2. The number of aromatic amines is 1. The molecule has 0 aliphatic rings. The Bertz CT molecular complexity index is 568. The third-order valence-electron chi connectivity index (χ3n) is 3.41. The van der Waals surface area contributed by atoms with Gasteiger partial charge in [0.2, 0.25) is 5.95 Å². The van der Waals surface area contributed by atoms with Crippen LogP contribution in [0.5, 0.6) is 0 Å². The average Bonchev–Trinajstić information content (AvgIpc) is 2.93. The van der Waals surface area contributed by atoms with Crippen molar-refractivity contribution in [2.75, 3.05) is 23.8 Å². The van der Waals surface area contributed by atoms with Crippen molar-refractivity contribution < 1.29 is 5.11 Å². The van der Waals surface area contributed by atoms with E-state index in [4.69, 9.17) is 0 Å². The van der Waals surface area contributed by atoms with Crippen LogP contribution in [0, 0.1) is 5.92 Å². The number of fused-ring (bicyclic) bond motifs is 1. The molecule has 0 radical (unpaired) electrons. The molecule has 2 aromatic rings. The van der Waals surface area contributed by atoms with Crippen molar-refractivity contribution in [2.45, 2.75) is 39.7 Å². The maximum atomic E-state index is 9.20. The highest BCUT2D eigenvalue weighted by atomic mass is 16.3. The van der Waals surface area contributed by atoms with Gasteiger partial charge in [0.25, 0.3) is 0 Å². The Kier molecular flexibility index (Phi) is 5.32. The van der Waals surface area contributed by atoms with Crippen molar-refractivity contribution in [1.29, 1.82) is 0 Å². The zero-order chi connectivity index (χ0) is 15.2. The van der Waals surface area contributed by atoms with Crippen molar-refractivity contribution in [1.82, 2.24) is 20.2 Å². The zero-order valence-electron chi connectivity index (χ0n) is 12.8. The van der Waals surface area contributed by atoms with Gasteiger partial charge >= 0.3 is 0 Å². The summed E-state index contributed by atoms with van der Waals surface area (Å²) in [5.41, 5.74) is 0.706. The van der Waals surface area contributed by atoms with Crippen LogP contribution in [0.25, 0.3) is 11.0 Å². The molecule has 0 spiro atoms. The van der Waals surface area contributed by atoms with E-state index in [0.29, 0.717) is 23.9 Å². The number of H-pyrrole nitrogens is 1. The first kappa shape index (κ1) is 15.5. The molecular formula is C14H24N6O. The summed E-state index contributed by atoms with van der Waals surface area (Å²) in [7, 11) is 0. The summed E-state index contributed by atoms with van der Waals surface area (Å²) in [6.45, 7) is 7.31. The molecule has 7 nitrogen and oxygen atoms in total. The van der Waals surface area contributed by atoms with Crippen LogP contribution in [-0.2, 0) is 0 Å². The predicted octanol–water partition coefficient (Wildman–Crippen LogP) is 1.99. The third kappa shape index (κ3) is 3.81. The molecule has 116 valence electrons. The molecule has 0 aliphatic carbocycles. The van der Waals surface area contributed by atoms with Crippen LogP contribution in [0.15, 0.2) is 6.20 Å². The maximum Gasteiger partial charge on any atom is 0.226 e. The van der Waals surface area contributed by atoms with E-state index in [0.717, 1.165) is 24.2 Å². The predicted molar refractivity (Wildman–Crippen MR) is 84.4 cm³/mol. The van der Waals surface area contributed by atoms with E-state index in [1.807, 2.05) is 0 Å². The van der Waals surface area contributed by atoms with Crippen LogP contribution in [0.1, 0.15) is 33.6 Å². The molecule has 2 aromatic heterocycles. The molecule has 1 unspecified atom stereocenters. The third-order valence-corrected chi connectivity index (χ3v) is 3.41. The van der Waals surface area contributed by atoms with Crippen LogP contribution in [0.2, 0.25) is 0 Å². The number of nitrogens with zero attached hydrogens (tertiary/aromatic N) is 3. The Hall–Kier alpha value is -1.89. The topological polar surface area (TPSA) is 98.8 Å². The minimum absolute atomic E-state index is 0.149. The molecule has 0 amide bonds. The fourth-order valence-corrected chi connectivity index (χ4v) is 2.15. The number of hydrogen-bond donors (Lipinski definition) is 4. The van der Waals surface area contributed by atoms with Crippen molar-refractivity contribution in [3.63, 3.8) is 0 Å². The van der Waals surface area contributed by atoms with Gasteiger partial charge in [-0.15, -0.1) is 0 Å². The van der Waals surface area contributed by atoms with Crippen LogP contribution in [-0.4, -0.2) is 44.5 Å². The summed E-state index contributed by atoms with van der Waals surface area (Å²) >= 11 is 0. The average molecular weight is 292 g/mol. The van der Waals surface area contributed by atoms with E-state index in [1.165, 1.54) is 0 Å². The van der Waals surface area contributed by atoms with Gasteiger partial charge in [0.05, 0.1) is 11.6 Å². The van der Waals surface area contributed by atoms with E-state index < -0.39 is 0 Å². The monoisotopic (exact) mass is 292 g/mol. The largest absolute Gasteiger partial charge is 0.396 e. The Labute approximate surface area is 124 Å². The number of hydrogen-bond acceptors (Lipinski definition) is 6. The summed E-state index contributed by atoms with van der Waals surface area (Å²) in [5, 5.41) is 23.6. The normalized spacial score (nSPS) is 12.8. The van der Waals surface area contributed by atoms with Gasteiger partial charge in [-0.3, -0.25) is 5.10 Å².